The second-order valence-electron chi connectivity index (χ2n) is 6.57. The van der Waals surface area contributed by atoms with E-state index in [1.54, 1.807) is 29.6 Å². The zero-order chi connectivity index (χ0) is 17.3. The Morgan fingerprint density at radius 1 is 1.42 bits per heavy atom. The molecule has 3 aliphatic rings. The summed E-state index contributed by atoms with van der Waals surface area (Å²) in [6.45, 7) is 8.23. The van der Waals surface area contributed by atoms with Crippen LogP contribution in [-0.4, -0.2) is 59.1 Å². The number of ketones is 1. The van der Waals surface area contributed by atoms with Crippen molar-refractivity contribution >= 4 is 35.3 Å². The smallest absolute Gasteiger partial charge is 0.337 e. The van der Waals surface area contributed by atoms with Crippen molar-refractivity contribution in [2.24, 2.45) is 5.92 Å². The summed E-state index contributed by atoms with van der Waals surface area (Å²) in [5.41, 5.74) is 1.78. The third-order valence-electron chi connectivity index (χ3n) is 4.24. The van der Waals surface area contributed by atoms with Gasteiger partial charge in [0.15, 0.2) is 5.78 Å². The summed E-state index contributed by atoms with van der Waals surface area (Å²) in [6.07, 6.45) is 1.67. The van der Waals surface area contributed by atoms with Crippen LogP contribution in [0.4, 0.5) is 0 Å². The maximum absolute atomic E-state index is 12.5. The van der Waals surface area contributed by atoms with Crippen LogP contribution in [0.1, 0.15) is 20.8 Å². The van der Waals surface area contributed by atoms with E-state index in [1.807, 2.05) is 20.8 Å². The number of carbonyl (C=O) groups is 2. The van der Waals surface area contributed by atoms with Crippen molar-refractivity contribution in [3.8, 4) is 0 Å². The van der Waals surface area contributed by atoms with Crippen LogP contribution >= 0.6 is 23.5 Å². The fraction of sp³-hybridized carbons (Fsp3) is 0.647. The lowest BCUT2D eigenvalue weighted by molar-refractivity contribution is -0.143. The summed E-state index contributed by atoms with van der Waals surface area (Å²) in [5.74, 6) is 1.81. The lowest BCUT2D eigenvalue weighted by atomic mass is 10.1. The van der Waals surface area contributed by atoms with Gasteiger partial charge in [-0.25, -0.2) is 4.79 Å². The number of nitrogens with zero attached hydrogens (tertiary/aromatic N) is 1. The van der Waals surface area contributed by atoms with E-state index in [2.05, 4.69) is 10.2 Å². The van der Waals surface area contributed by atoms with E-state index in [0.717, 1.165) is 47.4 Å². The molecule has 0 amide bonds. The van der Waals surface area contributed by atoms with Gasteiger partial charge in [-0.1, -0.05) is 6.92 Å². The number of hydrogen-bond donors (Lipinski definition) is 1. The lowest BCUT2D eigenvalue weighted by Crippen LogP contribution is -2.37. The summed E-state index contributed by atoms with van der Waals surface area (Å²) < 4.78 is 5.39. The number of hydrogen-bond acceptors (Lipinski definition) is 7. The predicted octanol–water partition coefficient (Wildman–Crippen LogP) is 2.01. The van der Waals surface area contributed by atoms with Crippen molar-refractivity contribution in [3.05, 3.63) is 22.4 Å². The van der Waals surface area contributed by atoms with Crippen molar-refractivity contribution in [2.45, 2.75) is 32.1 Å². The Hall–Kier alpha value is -0.920. The third kappa shape index (κ3) is 3.68. The van der Waals surface area contributed by atoms with Gasteiger partial charge >= 0.3 is 5.97 Å². The zero-order valence-corrected chi connectivity index (χ0v) is 16.0. The number of thioether (sulfide) groups is 2. The first kappa shape index (κ1) is 17.9. The molecule has 0 spiro atoms. The largest absolute Gasteiger partial charge is 0.460 e. The molecule has 2 atom stereocenters. The molecule has 0 aliphatic carbocycles. The molecule has 7 heteroatoms. The maximum Gasteiger partial charge on any atom is 0.337 e. The van der Waals surface area contributed by atoms with Gasteiger partial charge in [0.1, 0.15) is 0 Å². The summed E-state index contributed by atoms with van der Waals surface area (Å²) in [4.78, 5) is 27.0. The number of carbonyl (C=O) groups excluding carboxylic acids is 2. The molecule has 2 fully saturated rings. The van der Waals surface area contributed by atoms with Gasteiger partial charge in [0.2, 0.25) is 0 Å². The zero-order valence-electron chi connectivity index (χ0n) is 14.3. The van der Waals surface area contributed by atoms with Crippen LogP contribution in [-0.2, 0) is 14.3 Å². The topological polar surface area (TPSA) is 58.6 Å². The minimum absolute atomic E-state index is 0.00897. The number of allylic oxidation sites excluding steroid dienone is 1. The number of fused-ring (bicyclic) bond motifs is 1. The Bertz CT molecular complexity index is 595. The first-order chi connectivity index (χ1) is 11.5. The lowest BCUT2D eigenvalue weighted by Gasteiger charge is -2.21. The number of nitrogens with one attached hydrogen (secondary N) is 1. The molecule has 5 nitrogen and oxygen atoms in total. The number of esters is 1. The van der Waals surface area contributed by atoms with E-state index in [0.29, 0.717) is 0 Å². The van der Waals surface area contributed by atoms with Crippen LogP contribution in [0.5, 0.6) is 0 Å². The molecule has 3 rings (SSSR count). The molecule has 2 saturated heterocycles. The Kier molecular flexibility index (Phi) is 5.62. The highest BCUT2D eigenvalue weighted by Gasteiger charge is 2.40. The second-order valence-corrected chi connectivity index (χ2v) is 8.85. The fourth-order valence-corrected chi connectivity index (χ4v) is 5.44. The molecule has 0 aromatic rings. The van der Waals surface area contributed by atoms with Gasteiger partial charge in [-0.15, -0.1) is 23.5 Å². The Morgan fingerprint density at radius 2 is 2.21 bits per heavy atom. The molecule has 2 unspecified atom stereocenters. The van der Waals surface area contributed by atoms with Crippen LogP contribution in [0, 0.1) is 5.92 Å². The highest BCUT2D eigenvalue weighted by atomic mass is 32.2. The molecule has 24 heavy (non-hydrogen) atoms. The molecule has 0 aromatic heterocycles. The molecule has 0 aromatic carbocycles. The van der Waals surface area contributed by atoms with Crippen LogP contribution < -0.4 is 5.32 Å². The Labute approximate surface area is 151 Å². The third-order valence-corrected chi connectivity index (χ3v) is 6.64. The van der Waals surface area contributed by atoms with Crippen LogP contribution in [0.25, 0.3) is 0 Å². The standard InChI is InChI=1S/C17H24N2O3S2/c1-10(2)22-17(21)15-11(3)8-19-12(9-24-16(15)19)6-13(20)14-7-18-4-5-23-14/h6,10-11,14,18H,4-5,7-9H2,1-3H3. The molecule has 0 bridgehead atoms. The Morgan fingerprint density at radius 3 is 2.88 bits per heavy atom. The van der Waals surface area contributed by atoms with Crippen molar-refractivity contribution < 1.29 is 14.3 Å². The van der Waals surface area contributed by atoms with Crippen LogP contribution in [0.2, 0.25) is 0 Å². The molecular weight excluding hydrogens is 344 g/mol. The Balaban J connectivity index is 1.76. The van der Waals surface area contributed by atoms with Crippen molar-refractivity contribution in [2.75, 3.05) is 31.1 Å². The van der Waals surface area contributed by atoms with Crippen molar-refractivity contribution in [1.82, 2.24) is 10.2 Å². The van der Waals surface area contributed by atoms with Gasteiger partial charge in [0.25, 0.3) is 0 Å². The van der Waals surface area contributed by atoms with E-state index in [4.69, 9.17) is 4.74 Å². The minimum atomic E-state index is -0.220. The molecule has 0 radical (unpaired) electrons. The number of rotatable bonds is 4. The summed E-state index contributed by atoms with van der Waals surface area (Å²) >= 11 is 3.36. The van der Waals surface area contributed by atoms with Gasteiger partial charge < -0.3 is 15.0 Å². The van der Waals surface area contributed by atoms with Crippen molar-refractivity contribution in [1.29, 1.82) is 0 Å². The van der Waals surface area contributed by atoms with Crippen molar-refractivity contribution in [3.63, 3.8) is 0 Å². The molecule has 132 valence electrons. The average Bonchev–Trinajstić information content (AvgIpc) is 3.06. The summed E-state index contributed by atoms with van der Waals surface area (Å²) in [6, 6.07) is 0. The van der Waals surface area contributed by atoms with Crippen LogP contribution in [0.3, 0.4) is 0 Å². The predicted molar refractivity (Wildman–Crippen MR) is 98.8 cm³/mol. The molecule has 0 saturated carbocycles. The first-order valence-electron chi connectivity index (χ1n) is 8.39. The molecule has 3 aliphatic heterocycles. The van der Waals surface area contributed by atoms with E-state index in [9.17, 15) is 9.59 Å². The second kappa shape index (κ2) is 7.54. The van der Waals surface area contributed by atoms with Gasteiger partial charge in [-0.2, -0.15) is 0 Å². The number of ether oxygens (including phenoxy) is 1. The average molecular weight is 369 g/mol. The minimum Gasteiger partial charge on any atom is -0.460 e. The summed E-state index contributed by atoms with van der Waals surface area (Å²) in [5, 5.41) is 4.26. The quantitative estimate of drug-likeness (QED) is 0.602. The van der Waals surface area contributed by atoms with E-state index < -0.39 is 0 Å². The molecular formula is C17H24N2O3S2. The fourth-order valence-electron chi connectivity index (χ4n) is 3.12. The first-order valence-corrected chi connectivity index (χ1v) is 10.4. The van der Waals surface area contributed by atoms with E-state index in [1.165, 1.54) is 0 Å². The van der Waals surface area contributed by atoms with Crippen LogP contribution in [0.15, 0.2) is 22.4 Å². The highest BCUT2D eigenvalue weighted by Crippen LogP contribution is 2.45. The van der Waals surface area contributed by atoms with Gasteiger partial charge in [-0.05, 0) is 13.8 Å². The van der Waals surface area contributed by atoms with Gasteiger partial charge in [-0.3, -0.25) is 4.79 Å². The van der Waals surface area contributed by atoms with E-state index >= 15 is 0 Å². The normalized spacial score (nSPS) is 28.7. The maximum atomic E-state index is 12.5. The summed E-state index contributed by atoms with van der Waals surface area (Å²) in [7, 11) is 0. The SMILES string of the molecule is CC(C)OC(=O)C1=C2SCC(=CC(=O)C3CNCCS3)N2CC1C. The van der Waals surface area contributed by atoms with Gasteiger partial charge in [0, 0.05) is 48.8 Å². The highest BCUT2D eigenvalue weighted by molar-refractivity contribution is 8.03. The van der Waals surface area contributed by atoms with Gasteiger partial charge in [0.05, 0.1) is 22.0 Å². The molecule has 3 heterocycles. The van der Waals surface area contributed by atoms with E-state index in [-0.39, 0.29) is 29.0 Å². The molecule has 1 N–H and O–H groups in total. The monoisotopic (exact) mass is 368 g/mol.